The van der Waals surface area contributed by atoms with Gasteiger partial charge in [0.2, 0.25) is 5.91 Å². The molecule has 2 fully saturated rings. The van der Waals surface area contributed by atoms with E-state index in [1.165, 1.54) is 4.88 Å². The Balaban J connectivity index is 1.61. The first kappa shape index (κ1) is 16.7. The number of aromatic amines is 1. The SMILES string of the molecule is CCC(=O)N1C[C@H]2CN(Cc3scnc3C)C[C@@]2(c2n[nH]c(C)n2)C1. The summed E-state index contributed by atoms with van der Waals surface area (Å²) < 4.78 is 0. The second-order valence-corrected chi connectivity index (χ2v) is 8.20. The Labute approximate surface area is 151 Å². The van der Waals surface area contributed by atoms with Crippen LogP contribution in [0.1, 0.15) is 35.6 Å². The fourth-order valence-electron chi connectivity index (χ4n) is 4.27. The smallest absolute Gasteiger partial charge is 0.222 e. The van der Waals surface area contributed by atoms with Crippen molar-refractivity contribution in [2.24, 2.45) is 5.92 Å². The molecule has 0 saturated carbocycles. The summed E-state index contributed by atoms with van der Waals surface area (Å²) in [6.45, 7) is 10.2. The predicted molar refractivity (Wildman–Crippen MR) is 95.3 cm³/mol. The van der Waals surface area contributed by atoms with Crippen molar-refractivity contribution in [1.29, 1.82) is 0 Å². The van der Waals surface area contributed by atoms with Gasteiger partial charge in [0.05, 0.1) is 16.6 Å². The quantitative estimate of drug-likeness (QED) is 0.894. The van der Waals surface area contributed by atoms with Gasteiger partial charge in [-0.15, -0.1) is 11.3 Å². The molecule has 1 N–H and O–H groups in total. The third-order valence-corrected chi connectivity index (χ3v) is 6.51. The number of H-pyrrole nitrogens is 1. The van der Waals surface area contributed by atoms with Crippen molar-refractivity contribution >= 4 is 17.2 Å². The minimum absolute atomic E-state index is 0.159. The fourth-order valence-corrected chi connectivity index (χ4v) is 5.08. The lowest BCUT2D eigenvalue weighted by Gasteiger charge is -2.26. The molecule has 4 rings (SSSR count). The summed E-state index contributed by atoms with van der Waals surface area (Å²) in [5, 5.41) is 7.48. The van der Waals surface area contributed by atoms with E-state index >= 15 is 0 Å². The Morgan fingerprint density at radius 2 is 2.24 bits per heavy atom. The molecule has 1 amide bonds. The van der Waals surface area contributed by atoms with Crippen LogP contribution in [-0.2, 0) is 16.8 Å². The molecule has 2 aromatic heterocycles. The van der Waals surface area contributed by atoms with Crippen molar-refractivity contribution in [2.75, 3.05) is 26.2 Å². The molecule has 0 bridgehead atoms. The summed E-state index contributed by atoms with van der Waals surface area (Å²) in [6.07, 6.45) is 0.555. The number of aromatic nitrogens is 4. The normalized spacial score (nSPS) is 26.4. The maximum absolute atomic E-state index is 12.3. The van der Waals surface area contributed by atoms with Crippen LogP contribution in [0.3, 0.4) is 0 Å². The number of hydrogen-bond acceptors (Lipinski definition) is 6. The number of fused-ring (bicyclic) bond motifs is 1. The number of carbonyl (C=O) groups excluding carboxylic acids is 1. The van der Waals surface area contributed by atoms with Gasteiger partial charge in [-0.05, 0) is 13.8 Å². The van der Waals surface area contributed by atoms with E-state index in [2.05, 4.69) is 32.0 Å². The molecule has 0 unspecified atom stereocenters. The van der Waals surface area contributed by atoms with Gasteiger partial charge in [-0.25, -0.2) is 9.97 Å². The number of amides is 1. The first-order valence-electron chi connectivity index (χ1n) is 8.80. The first-order chi connectivity index (χ1) is 12.0. The molecule has 2 atom stereocenters. The third-order valence-electron chi connectivity index (χ3n) is 5.59. The van der Waals surface area contributed by atoms with Gasteiger partial charge in [-0.3, -0.25) is 14.8 Å². The number of thiazole rings is 1. The highest BCUT2D eigenvalue weighted by atomic mass is 32.1. The molecule has 0 aromatic carbocycles. The number of likely N-dealkylation sites (tertiary alicyclic amines) is 2. The topological polar surface area (TPSA) is 78.0 Å². The highest BCUT2D eigenvalue weighted by Crippen LogP contribution is 2.44. The number of hydrogen-bond donors (Lipinski definition) is 1. The molecule has 2 saturated heterocycles. The van der Waals surface area contributed by atoms with E-state index in [0.717, 1.165) is 50.1 Å². The van der Waals surface area contributed by atoms with E-state index in [4.69, 9.17) is 0 Å². The zero-order chi connectivity index (χ0) is 17.6. The van der Waals surface area contributed by atoms with E-state index in [0.29, 0.717) is 12.3 Å². The van der Waals surface area contributed by atoms with Crippen LogP contribution in [0.5, 0.6) is 0 Å². The molecular formula is C17H24N6OS. The van der Waals surface area contributed by atoms with E-state index < -0.39 is 0 Å². The van der Waals surface area contributed by atoms with Crippen LogP contribution in [0.2, 0.25) is 0 Å². The highest BCUT2D eigenvalue weighted by Gasteiger charge is 2.56. The van der Waals surface area contributed by atoms with Crippen LogP contribution in [0, 0.1) is 19.8 Å². The molecule has 25 heavy (non-hydrogen) atoms. The zero-order valence-electron chi connectivity index (χ0n) is 14.9. The zero-order valence-corrected chi connectivity index (χ0v) is 15.8. The Morgan fingerprint density at radius 1 is 1.40 bits per heavy atom. The van der Waals surface area contributed by atoms with Crippen molar-refractivity contribution < 1.29 is 4.79 Å². The van der Waals surface area contributed by atoms with Crippen molar-refractivity contribution in [3.63, 3.8) is 0 Å². The average Bonchev–Trinajstić information content (AvgIpc) is 3.31. The van der Waals surface area contributed by atoms with Gasteiger partial charge < -0.3 is 4.90 Å². The molecule has 8 heteroatoms. The summed E-state index contributed by atoms with van der Waals surface area (Å²) in [5.41, 5.74) is 2.87. The van der Waals surface area contributed by atoms with Crippen LogP contribution < -0.4 is 0 Å². The van der Waals surface area contributed by atoms with Gasteiger partial charge in [0, 0.05) is 49.9 Å². The molecule has 7 nitrogen and oxygen atoms in total. The van der Waals surface area contributed by atoms with Crippen LogP contribution in [-0.4, -0.2) is 62.1 Å². The maximum Gasteiger partial charge on any atom is 0.222 e. The van der Waals surface area contributed by atoms with E-state index in [9.17, 15) is 4.79 Å². The average molecular weight is 360 g/mol. The molecule has 0 aliphatic carbocycles. The van der Waals surface area contributed by atoms with E-state index in [1.54, 1.807) is 11.3 Å². The second-order valence-electron chi connectivity index (χ2n) is 7.26. The Kier molecular flexibility index (Phi) is 4.11. The minimum atomic E-state index is -0.159. The second kappa shape index (κ2) is 6.17. The lowest BCUT2D eigenvalue weighted by Crippen LogP contribution is -2.40. The van der Waals surface area contributed by atoms with Gasteiger partial charge in [0.1, 0.15) is 5.82 Å². The summed E-state index contributed by atoms with van der Waals surface area (Å²) in [6, 6.07) is 0. The van der Waals surface area contributed by atoms with E-state index in [1.807, 2.05) is 24.3 Å². The van der Waals surface area contributed by atoms with Gasteiger partial charge >= 0.3 is 0 Å². The fraction of sp³-hybridized carbons (Fsp3) is 0.647. The minimum Gasteiger partial charge on any atom is -0.341 e. The molecule has 134 valence electrons. The summed E-state index contributed by atoms with van der Waals surface area (Å²) in [4.78, 5) is 27.1. The summed E-state index contributed by atoms with van der Waals surface area (Å²) >= 11 is 1.72. The molecule has 2 aliphatic rings. The van der Waals surface area contributed by atoms with Crippen LogP contribution >= 0.6 is 11.3 Å². The third kappa shape index (κ3) is 2.77. The highest BCUT2D eigenvalue weighted by molar-refractivity contribution is 7.09. The lowest BCUT2D eigenvalue weighted by atomic mass is 9.80. The maximum atomic E-state index is 12.3. The Hall–Kier alpha value is -1.80. The largest absolute Gasteiger partial charge is 0.341 e. The van der Waals surface area contributed by atoms with Crippen molar-refractivity contribution in [3.8, 4) is 0 Å². The molecular weight excluding hydrogens is 336 g/mol. The molecule has 0 radical (unpaired) electrons. The first-order valence-corrected chi connectivity index (χ1v) is 9.68. The Bertz CT molecular complexity index is 786. The van der Waals surface area contributed by atoms with Crippen LogP contribution in [0.25, 0.3) is 0 Å². The number of carbonyl (C=O) groups is 1. The summed E-state index contributed by atoms with van der Waals surface area (Å²) in [5.74, 6) is 2.31. The van der Waals surface area contributed by atoms with Crippen LogP contribution in [0.15, 0.2) is 5.51 Å². The molecule has 0 spiro atoms. The number of rotatable bonds is 4. The lowest BCUT2D eigenvalue weighted by molar-refractivity contribution is -0.130. The molecule has 2 aliphatic heterocycles. The molecule has 2 aromatic rings. The Morgan fingerprint density at radius 3 is 2.88 bits per heavy atom. The molecule has 4 heterocycles. The van der Waals surface area contributed by atoms with E-state index in [-0.39, 0.29) is 11.3 Å². The number of nitrogens with one attached hydrogen (secondary N) is 1. The van der Waals surface area contributed by atoms with Gasteiger partial charge in [0.25, 0.3) is 0 Å². The predicted octanol–water partition coefficient (Wildman–Crippen LogP) is 1.50. The van der Waals surface area contributed by atoms with Crippen molar-refractivity contribution in [3.05, 3.63) is 27.7 Å². The summed E-state index contributed by atoms with van der Waals surface area (Å²) in [7, 11) is 0. The van der Waals surface area contributed by atoms with Crippen LogP contribution in [0.4, 0.5) is 0 Å². The standard InChI is InChI=1S/C17H24N6OS/c1-4-15(24)23-6-13-5-22(7-14-11(2)18-10-25-14)8-17(13,9-23)16-19-12(3)20-21-16/h10,13H,4-9H2,1-3H3,(H,19,20,21)/t13-,17-/m1/s1. The van der Waals surface area contributed by atoms with Crippen molar-refractivity contribution in [1.82, 2.24) is 30.0 Å². The van der Waals surface area contributed by atoms with Gasteiger partial charge in [-0.2, -0.15) is 5.10 Å². The monoisotopic (exact) mass is 360 g/mol. The number of nitrogens with zero attached hydrogens (tertiary/aromatic N) is 5. The van der Waals surface area contributed by atoms with Crippen molar-refractivity contribution in [2.45, 2.75) is 39.2 Å². The number of aryl methyl sites for hydroxylation is 2. The van der Waals surface area contributed by atoms with Gasteiger partial charge in [0.15, 0.2) is 5.82 Å². The van der Waals surface area contributed by atoms with Gasteiger partial charge in [-0.1, -0.05) is 6.92 Å².